The summed E-state index contributed by atoms with van der Waals surface area (Å²) in [7, 11) is 4.03. The first-order chi connectivity index (χ1) is 16.0. The number of aromatic nitrogens is 1. The SMILES string of the molecule is Cc1ccccc1-n1c(-c2ccccc2)ccc1-c1ccc(C(=O)CCCN(C)C)c(Cl)c1. The summed E-state index contributed by atoms with van der Waals surface area (Å²) in [6.45, 7) is 3.00. The molecule has 4 aromatic rings. The van der Waals surface area contributed by atoms with Gasteiger partial charge in [0.2, 0.25) is 0 Å². The Morgan fingerprint density at radius 1 is 0.848 bits per heavy atom. The molecule has 168 valence electrons. The van der Waals surface area contributed by atoms with E-state index in [1.54, 1.807) is 0 Å². The number of carbonyl (C=O) groups excluding carboxylic acids is 1. The molecule has 0 N–H and O–H groups in total. The van der Waals surface area contributed by atoms with Gasteiger partial charge in [0.05, 0.1) is 16.4 Å². The molecule has 0 atom stereocenters. The maximum Gasteiger partial charge on any atom is 0.164 e. The Bertz CT molecular complexity index is 1260. The number of benzene rings is 3. The van der Waals surface area contributed by atoms with Gasteiger partial charge < -0.3 is 9.47 Å². The smallest absolute Gasteiger partial charge is 0.164 e. The fourth-order valence-corrected chi connectivity index (χ4v) is 4.45. The third kappa shape index (κ3) is 5.11. The highest BCUT2D eigenvalue weighted by Crippen LogP contribution is 2.35. The third-order valence-electron chi connectivity index (χ3n) is 5.88. The molecule has 0 saturated heterocycles. The molecular formula is C29H29ClN2O. The minimum absolute atomic E-state index is 0.0904. The molecule has 4 heteroatoms. The number of Topliss-reactive ketones (excluding diaryl/α,β-unsaturated/α-hetero) is 1. The van der Waals surface area contributed by atoms with Gasteiger partial charge in [-0.3, -0.25) is 4.79 Å². The Hall–Kier alpha value is -3.14. The quantitative estimate of drug-likeness (QED) is 0.260. The molecule has 3 nitrogen and oxygen atoms in total. The lowest BCUT2D eigenvalue weighted by molar-refractivity contribution is 0.0977. The molecular weight excluding hydrogens is 428 g/mol. The Labute approximate surface area is 201 Å². The number of para-hydroxylation sites is 1. The van der Waals surface area contributed by atoms with Gasteiger partial charge in [-0.05, 0) is 75.4 Å². The number of carbonyl (C=O) groups is 1. The van der Waals surface area contributed by atoms with Crippen LogP contribution in [0.3, 0.4) is 0 Å². The molecule has 0 aliphatic carbocycles. The van der Waals surface area contributed by atoms with Crippen LogP contribution in [0.15, 0.2) is 84.9 Å². The lowest BCUT2D eigenvalue weighted by Crippen LogP contribution is -2.14. The van der Waals surface area contributed by atoms with Crippen molar-refractivity contribution in [3.8, 4) is 28.2 Å². The summed E-state index contributed by atoms with van der Waals surface area (Å²) in [6, 6.07) is 28.8. The number of hydrogen-bond donors (Lipinski definition) is 0. The highest BCUT2D eigenvalue weighted by Gasteiger charge is 2.17. The van der Waals surface area contributed by atoms with Crippen LogP contribution in [-0.2, 0) is 0 Å². The van der Waals surface area contributed by atoms with Gasteiger partial charge in [0.1, 0.15) is 0 Å². The van der Waals surface area contributed by atoms with E-state index in [0.717, 1.165) is 41.2 Å². The first kappa shape index (κ1) is 23.0. The normalized spacial score (nSPS) is 11.2. The molecule has 0 spiro atoms. The first-order valence-electron chi connectivity index (χ1n) is 11.3. The van der Waals surface area contributed by atoms with Crippen LogP contribution in [0.2, 0.25) is 5.02 Å². The van der Waals surface area contributed by atoms with Crippen molar-refractivity contribution >= 4 is 17.4 Å². The van der Waals surface area contributed by atoms with Gasteiger partial charge >= 0.3 is 0 Å². The Morgan fingerprint density at radius 3 is 2.18 bits per heavy atom. The summed E-state index contributed by atoms with van der Waals surface area (Å²) >= 11 is 6.63. The zero-order valence-corrected chi connectivity index (χ0v) is 20.1. The molecule has 0 fully saturated rings. The predicted octanol–water partition coefficient (Wildman–Crippen LogP) is 7.30. The first-order valence-corrected chi connectivity index (χ1v) is 11.6. The second-order valence-electron chi connectivity index (χ2n) is 8.62. The van der Waals surface area contributed by atoms with Gasteiger partial charge in [-0.15, -0.1) is 0 Å². The van der Waals surface area contributed by atoms with E-state index in [9.17, 15) is 4.79 Å². The molecule has 3 aromatic carbocycles. The molecule has 33 heavy (non-hydrogen) atoms. The minimum Gasteiger partial charge on any atom is -0.309 e. The van der Waals surface area contributed by atoms with E-state index in [4.69, 9.17) is 11.6 Å². The van der Waals surface area contributed by atoms with Crippen LogP contribution in [0.25, 0.3) is 28.2 Å². The summed E-state index contributed by atoms with van der Waals surface area (Å²) in [5, 5.41) is 0.501. The summed E-state index contributed by atoms with van der Waals surface area (Å²) in [5.41, 5.74) is 7.18. The van der Waals surface area contributed by atoms with Gasteiger partial charge in [0.25, 0.3) is 0 Å². The third-order valence-corrected chi connectivity index (χ3v) is 6.19. The molecule has 0 aliphatic rings. The van der Waals surface area contributed by atoms with Gasteiger partial charge in [-0.25, -0.2) is 0 Å². The number of rotatable bonds is 8. The van der Waals surface area contributed by atoms with Crippen LogP contribution >= 0.6 is 11.6 Å². The van der Waals surface area contributed by atoms with Crippen molar-refractivity contribution < 1.29 is 4.79 Å². The monoisotopic (exact) mass is 456 g/mol. The van der Waals surface area contributed by atoms with E-state index in [2.05, 4.69) is 77.1 Å². The van der Waals surface area contributed by atoms with Gasteiger partial charge in [-0.2, -0.15) is 0 Å². The number of nitrogens with zero attached hydrogens (tertiary/aromatic N) is 2. The van der Waals surface area contributed by atoms with Gasteiger partial charge in [-0.1, -0.05) is 66.2 Å². The van der Waals surface area contributed by atoms with E-state index in [0.29, 0.717) is 17.0 Å². The second-order valence-corrected chi connectivity index (χ2v) is 9.02. The number of aryl methyl sites for hydroxylation is 1. The molecule has 0 bridgehead atoms. The number of hydrogen-bond acceptors (Lipinski definition) is 2. The van der Waals surface area contributed by atoms with Crippen molar-refractivity contribution in [1.29, 1.82) is 0 Å². The van der Waals surface area contributed by atoms with Gasteiger partial charge in [0.15, 0.2) is 5.78 Å². The molecule has 0 saturated carbocycles. The summed E-state index contributed by atoms with van der Waals surface area (Å²) in [6.07, 6.45) is 1.31. The molecule has 1 aromatic heterocycles. The summed E-state index contributed by atoms with van der Waals surface area (Å²) in [4.78, 5) is 14.8. The van der Waals surface area contributed by atoms with E-state index in [1.807, 2.05) is 38.4 Å². The zero-order valence-electron chi connectivity index (χ0n) is 19.4. The molecule has 0 aliphatic heterocycles. The van der Waals surface area contributed by atoms with E-state index in [-0.39, 0.29) is 5.78 Å². The minimum atomic E-state index is 0.0904. The molecule has 4 rings (SSSR count). The summed E-state index contributed by atoms with van der Waals surface area (Å²) < 4.78 is 2.27. The predicted molar refractivity (Wildman–Crippen MR) is 139 cm³/mol. The maximum absolute atomic E-state index is 12.7. The standard InChI is InChI=1S/C29H29ClN2O/c1-21-10-7-8-13-26(21)32-27(22-11-5-4-6-12-22)17-18-28(32)23-15-16-24(25(30)20-23)29(33)14-9-19-31(2)3/h4-8,10-13,15-18,20H,9,14,19H2,1-3H3. The largest absolute Gasteiger partial charge is 0.309 e. The van der Waals surface area contributed by atoms with Crippen molar-refractivity contribution in [1.82, 2.24) is 9.47 Å². The van der Waals surface area contributed by atoms with Crippen LogP contribution in [0.1, 0.15) is 28.8 Å². The average Bonchev–Trinajstić information content (AvgIpc) is 3.24. The highest BCUT2D eigenvalue weighted by atomic mass is 35.5. The van der Waals surface area contributed by atoms with Crippen molar-refractivity contribution in [2.45, 2.75) is 19.8 Å². The fraction of sp³-hybridized carbons (Fsp3) is 0.207. The molecule has 0 unspecified atom stereocenters. The molecule has 0 amide bonds. The van der Waals surface area contributed by atoms with Crippen LogP contribution < -0.4 is 0 Å². The fourth-order valence-electron chi connectivity index (χ4n) is 4.16. The van der Waals surface area contributed by atoms with Crippen LogP contribution in [0.5, 0.6) is 0 Å². The van der Waals surface area contributed by atoms with Crippen molar-refractivity contribution in [2.24, 2.45) is 0 Å². The van der Waals surface area contributed by atoms with E-state index < -0.39 is 0 Å². The lowest BCUT2D eigenvalue weighted by Gasteiger charge is -2.17. The maximum atomic E-state index is 12.7. The van der Waals surface area contributed by atoms with Crippen LogP contribution in [0.4, 0.5) is 0 Å². The highest BCUT2D eigenvalue weighted by molar-refractivity contribution is 6.34. The second kappa shape index (κ2) is 10.2. The zero-order chi connectivity index (χ0) is 23.4. The van der Waals surface area contributed by atoms with Crippen LogP contribution in [0, 0.1) is 6.92 Å². The van der Waals surface area contributed by atoms with Crippen molar-refractivity contribution in [3.05, 3.63) is 101 Å². The Kier molecular flexibility index (Phi) is 7.12. The van der Waals surface area contributed by atoms with E-state index >= 15 is 0 Å². The Morgan fingerprint density at radius 2 is 1.52 bits per heavy atom. The lowest BCUT2D eigenvalue weighted by atomic mass is 10.0. The number of halogens is 1. The van der Waals surface area contributed by atoms with Crippen molar-refractivity contribution in [3.63, 3.8) is 0 Å². The van der Waals surface area contributed by atoms with Gasteiger partial charge in [0, 0.05) is 23.2 Å². The van der Waals surface area contributed by atoms with Crippen LogP contribution in [-0.4, -0.2) is 35.9 Å². The molecule has 1 heterocycles. The topological polar surface area (TPSA) is 25.2 Å². The average molecular weight is 457 g/mol. The van der Waals surface area contributed by atoms with E-state index in [1.165, 1.54) is 5.56 Å². The number of ketones is 1. The summed E-state index contributed by atoms with van der Waals surface area (Å²) in [5.74, 6) is 0.0904. The Balaban J connectivity index is 1.75. The molecule has 0 radical (unpaired) electrons. The van der Waals surface area contributed by atoms with Crippen molar-refractivity contribution in [2.75, 3.05) is 20.6 Å².